The van der Waals surface area contributed by atoms with Gasteiger partial charge in [0.05, 0.1) is 4.47 Å². The van der Waals surface area contributed by atoms with Crippen molar-refractivity contribution in [3.05, 3.63) is 27.1 Å². The molecule has 0 amide bonds. The summed E-state index contributed by atoms with van der Waals surface area (Å²) in [5.41, 5.74) is 0.220. The molecule has 0 aromatic carbocycles. The molecular weight excluding hydrogens is 358 g/mol. The smallest absolute Gasteiger partial charge is 0.266 e. The normalized spacial score (nSPS) is 16.7. The average molecular weight is 372 g/mol. The molecule has 6 nitrogen and oxygen atoms in total. The quantitative estimate of drug-likeness (QED) is 0.754. The van der Waals surface area contributed by atoms with Crippen molar-refractivity contribution >= 4 is 36.8 Å². The largest absolute Gasteiger partial charge is 0.288 e. The fourth-order valence-corrected chi connectivity index (χ4v) is 3.68. The van der Waals surface area contributed by atoms with Crippen molar-refractivity contribution in [2.24, 2.45) is 0 Å². The van der Waals surface area contributed by atoms with E-state index in [4.69, 9.17) is 0 Å². The van der Waals surface area contributed by atoms with E-state index in [2.05, 4.69) is 25.9 Å². The Balaban J connectivity index is 2.36. The molecule has 0 radical (unpaired) electrons. The van der Waals surface area contributed by atoms with Crippen LogP contribution in [0.1, 0.15) is 31.7 Å². The highest BCUT2D eigenvalue weighted by Crippen LogP contribution is 2.31. The SMILES string of the molecule is CS(=O)(=O)c1ncc2cc(Br)c(=O)n(C3CCCC3)c2n1. The van der Waals surface area contributed by atoms with Crippen molar-refractivity contribution in [1.82, 2.24) is 14.5 Å². The average Bonchev–Trinajstić information content (AvgIpc) is 2.92. The van der Waals surface area contributed by atoms with Crippen LogP contribution in [-0.4, -0.2) is 29.2 Å². The van der Waals surface area contributed by atoms with Gasteiger partial charge in [0, 0.05) is 23.9 Å². The molecule has 0 bridgehead atoms. The number of rotatable bonds is 2. The van der Waals surface area contributed by atoms with Crippen LogP contribution in [0.4, 0.5) is 0 Å². The zero-order valence-corrected chi connectivity index (χ0v) is 13.8. The van der Waals surface area contributed by atoms with Gasteiger partial charge in [0.25, 0.3) is 5.56 Å². The van der Waals surface area contributed by atoms with Crippen molar-refractivity contribution in [2.75, 3.05) is 6.26 Å². The van der Waals surface area contributed by atoms with Crippen molar-refractivity contribution in [3.8, 4) is 0 Å². The molecule has 0 aliphatic heterocycles. The summed E-state index contributed by atoms with van der Waals surface area (Å²) in [6.07, 6.45) is 6.46. The van der Waals surface area contributed by atoms with Crippen LogP contribution in [-0.2, 0) is 9.84 Å². The summed E-state index contributed by atoms with van der Waals surface area (Å²) in [6, 6.07) is 1.70. The number of fused-ring (bicyclic) bond motifs is 1. The lowest BCUT2D eigenvalue weighted by Crippen LogP contribution is -2.25. The number of pyridine rings is 1. The molecule has 112 valence electrons. The Morgan fingerprint density at radius 3 is 2.62 bits per heavy atom. The van der Waals surface area contributed by atoms with E-state index in [1.165, 1.54) is 6.20 Å². The lowest BCUT2D eigenvalue weighted by atomic mass is 10.2. The van der Waals surface area contributed by atoms with Gasteiger partial charge in [0.15, 0.2) is 0 Å². The maximum absolute atomic E-state index is 12.4. The third-order valence-electron chi connectivity index (χ3n) is 3.73. The second-order valence-electron chi connectivity index (χ2n) is 5.31. The van der Waals surface area contributed by atoms with E-state index in [9.17, 15) is 13.2 Å². The maximum Gasteiger partial charge on any atom is 0.266 e. The Bertz CT molecular complexity index is 870. The van der Waals surface area contributed by atoms with Gasteiger partial charge in [0.1, 0.15) is 5.65 Å². The second-order valence-corrected chi connectivity index (χ2v) is 8.07. The summed E-state index contributed by atoms with van der Waals surface area (Å²) in [6.45, 7) is 0. The van der Waals surface area contributed by atoms with Crippen LogP contribution in [0.3, 0.4) is 0 Å². The molecule has 0 N–H and O–H groups in total. The Morgan fingerprint density at radius 1 is 1.33 bits per heavy atom. The van der Waals surface area contributed by atoms with Crippen molar-refractivity contribution in [1.29, 1.82) is 0 Å². The summed E-state index contributed by atoms with van der Waals surface area (Å²) in [7, 11) is -3.51. The maximum atomic E-state index is 12.4. The lowest BCUT2D eigenvalue weighted by Gasteiger charge is -2.16. The topological polar surface area (TPSA) is 81.9 Å². The van der Waals surface area contributed by atoms with E-state index in [0.29, 0.717) is 15.5 Å². The minimum atomic E-state index is -3.51. The van der Waals surface area contributed by atoms with Crippen molar-refractivity contribution in [2.45, 2.75) is 36.9 Å². The highest BCUT2D eigenvalue weighted by Gasteiger charge is 2.23. The van der Waals surface area contributed by atoms with Crippen LogP contribution in [0.5, 0.6) is 0 Å². The predicted octanol–water partition coefficient (Wildman–Crippen LogP) is 2.07. The third kappa shape index (κ3) is 2.62. The van der Waals surface area contributed by atoms with E-state index >= 15 is 0 Å². The highest BCUT2D eigenvalue weighted by molar-refractivity contribution is 9.10. The molecule has 1 saturated carbocycles. The first-order valence-electron chi connectivity index (χ1n) is 6.66. The van der Waals surface area contributed by atoms with Crippen LogP contribution >= 0.6 is 15.9 Å². The Hall–Kier alpha value is -1.28. The lowest BCUT2D eigenvalue weighted by molar-refractivity contribution is 0.512. The number of aromatic nitrogens is 3. The first-order valence-corrected chi connectivity index (χ1v) is 9.34. The Labute approximate surface area is 130 Å². The molecule has 0 unspecified atom stereocenters. The van der Waals surface area contributed by atoms with Gasteiger partial charge in [-0.05, 0) is 34.8 Å². The number of nitrogens with zero attached hydrogens (tertiary/aromatic N) is 3. The minimum absolute atomic E-state index is 0.0693. The standard InChI is InChI=1S/C13H14BrN3O3S/c1-21(19,20)13-15-7-8-6-10(14)12(18)17(11(8)16-13)9-4-2-3-5-9/h6-7,9H,2-5H2,1H3. The summed E-state index contributed by atoms with van der Waals surface area (Å²) in [5.74, 6) is 0. The van der Waals surface area contributed by atoms with Crippen LogP contribution in [0.25, 0.3) is 11.0 Å². The van der Waals surface area contributed by atoms with Gasteiger partial charge >= 0.3 is 0 Å². The molecule has 2 heterocycles. The van der Waals surface area contributed by atoms with Gasteiger partial charge in [-0.1, -0.05) is 12.8 Å². The van der Waals surface area contributed by atoms with E-state index in [-0.39, 0.29) is 16.8 Å². The molecule has 8 heteroatoms. The van der Waals surface area contributed by atoms with Crippen molar-refractivity contribution in [3.63, 3.8) is 0 Å². The molecule has 3 rings (SSSR count). The summed E-state index contributed by atoms with van der Waals surface area (Å²) in [5, 5.41) is 0.407. The van der Waals surface area contributed by atoms with Gasteiger partial charge in [-0.3, -0.25) is 9.36 Å². The molecule has 1 fully saturated rings. The highest BCUT2D eigenvalue weighted by atomic mass is 79.9. The molecule has 21 heavy (non-hydrogen) atoms. The molecule has 1 aliphatic carbocycles. The summed E-state index contributed by atoms with van der Waals surface area (Å²) >= 11 is 3.27. The van der Waals surface area contributed by atoms with Crippen LogP contribution in [0, 0.1) is 0 Å². The van der Waals surface area contributed by atoms with Gasteiger partial charge in [-0.2, -0.15) is 4.98 Å². The van der Waals surface area contributed by atoms with Gasteiger partial charge < -0.3 is 0 Å². The molecule has 1 aliphatic rings. The van der Waals surface area contributed by atoms with Gasteiger partial charge in [-0.25, -0.2) is 13.4 Å². The second kappa shape index (κ2) is 5.17. The number of hydrogen-bond acceptors (Lipinski definition) is 5. The molecule has 0 atom stereocenters. The van der Waals surface area contributed by atoms with Crippen LogP contribution in [0.15, 0.2) is 26.7 Å². The zero-order valence-electron chi connectivity index (χ0n) is 11.4. The molecule has 2 aromatic rings. The number of halogens is 1. The number of hydrogen-bond donors (Lipinski definition) is 0. The predicted molar refractivity (Wildman–Crippen MR) is 82.1 cm³/mol. The van der Waals surface area contributed by atoms with Crippen LogP contribution < -0.4 is 5.56 Å². The van der Waals surface area contributed by atoms with E-state index < -0.39 is 9.84 Å². The molecule has 2 aromatic heterocycles. The van der Waals surface area contributed by atoms with E-state index in [1.54, 1.807) is 10.6 Å². The van der Waals surface area contributed by atoms with Crippen molar-refractivity contribution < 1.29 is 8.42 Å². The fraction of sp³-hybridized carbons (Fsp3) is 0.462. The first-order chi connectivity index (χ1) is 9.88. The summed E-state index contributed by atoms with van der Waals surface area (Å²) < 4.78 is 25.3. The first kappa shape index (κ1) is 14.6. The number of sulfone groups is 1. The Morgan fingerprint density at radius 2 is 2.00 bits per heavy atom. The van der Waals surface area contributed by atoms with E-state index in [0.717, 1.165) is 31.9 Å². The fourth-order valence-electron chi connectivity index (χ4n) is 2.75. The van der Waals surface area contributed by atoms with Gasteiger partial charge in [0.2, 0.25) is 15.0 Å². The van der Waals surface area contributed by atoms with E-state index in [1.807, 2.05) is 0 Å². The molecule has 0 spiro atoms. The van der Waals surface area contributed by atoms with Crippen LogP contribution in [0.2, 0.25) is 0 Å². The molecule has 0 saturated heterocycles. The minimum Gasteiger partial charge on any atom is -0.288 e. The molecular formula is C13H14BrN3O3S. The van der Waals surface area contributed by atoms with Gasteiger partial charge in [-0.15, -0.1) is 0 Å². The summed E-state index contributed by atoms with van der Waals surface area (Å²) in [4.78, 5) is 20.5. The monoisotopic (exact) mass is 371 g/mol. The Kier molecular flexibility index (Phi) is 3.61. The third-order valence-corrected chi connectivity index (χ3v) is 5.16. The zero-order chi connectivity index (χ0) is 15.2.